The summed E-state index contributed by atoms with van der Waals surface area (Å²) >= 11 is 0. The molecule has 0 fully saturated rings. The zero-order valence-corrected chi connectivity index (χ0v) is 17.8. The van der Waals surface area contributed by atoms with Gasteiger partial charge in [-0.25, -0.2) is 18.4 Å². The minimum Gasteiger partial charge on any atom is -0.445 e. The van der Waals surface area contributed by atoms with Gasteiger partial charge in [-0.2, -0.15) is 0 Å². The number of aryl methyl sites for hydroxylation is 2. The minimum atomic E-state index is -3.50. The Morgan fingerprint density at radius 1 is 1.00 bits per heavy atom. The van der Waals surface area contributed by atoms with Crippen LogP contribution in [0.2, 0.25) is 0 Å². The van der Waals surface area contributed by atoms with Gasteiger partial charge in [0.25, 0.3) is 0 Å². The third-order valence-electron chi connectivity index (χ3n) is 4.85. The second-order valence-corrected chi connectivity index (χ2v) is 9.22. The number of imidazole rings is 1. The van der Waals surface area contributed by atoms with Gasteiger partial charge in [-0.05, 0) is 42.2 Å². The van der Waals surface area contributed by atoms with Gasteiger partial charge in [0.05, 0.1) is 16.9 Å². The molecule has 4 rings (SSSR count). The van der Waals surface area contributed by atoms with E-state index in [-0.39, 0.29) is 10.6 Å². The van der Waals surface area contributed by atoms with Crippen molar-refractivity contribution in [2.75, 3.05) is 0 Å². The number of hydrogen-bond donors (Lipinski definition) is 0. The zero-order chi connectivity index (χ0) is 21.5. The normalized spacial score (nSPS) is 11.9. The summed E-state index contributed by atoms with van der Waals surface area (Å²) in [5, 5.41) is 0. The number of oxazole rings is 1. The van der Waals surface area contributed by atoms with E-state index in [1.807, 2.05) is 59.3 Å². The van der Waals surface area contributed by atoms with Crippen LogP contribution in [0.15, 0.2) is 88.9 Å². The van der Waals surface area contributed by atoms with Crippen LogP contribution in [0.1, 0.15) is 29.1 Å². The van der Waals surface area contributed by atoms with Gasteiger partial charge < -0.3 is 8.98 Å². The molecule has 7 heteroatoms. The lowest BCUT2D eigenvalue weighted by Crippen LogP contribution is -2.05. The van der Waals surface area contributed by atoms with Gasteiger partial charge in [-0.3, -0.25) is 0 Å². The fraction of sp³-hybridized carbons (Fsp3) is 0.167. The number of aromatic nitrogens is 3. The van der Waals surface area contributed by atoms with Crippen LogP contribution in [0.3, 0.4) is 0 Å². The van der Waals surface area contributed by atoms with E-state index in [0.717, 1.165) is 30.5 Å². The van der Waals surface area contributed by atoms with Crippen molar-refractivity contribution in [3.63, 3.8) is 0 Å². The molecule has 0 N–H and O–H groups in total. The van der Waals surface area contributed by atoms with Crippen molar-refractivity contribution in [3.8, 4) is 0 Å². The van der Waals surface area contributed by atoms with Crippen LogP contribution < -0.4 is 0 Å². The average Bonchev–Trinajstić information content (AvgIpc) is 3.45. The molecule has 0 saturated heterocycles. The number of sulfone groups is 1. The summed E-state index contributed by atoms with van der Waals surface area (Å²) in [6.07, 6.45) is 12.3. The maximum absolute atomic E-state index is 12.8. The monoisotopic (exact) mass is 433 g/mol. The Morgan fingerprint density at radius 2 is 1.81 bits per heavy atom. The van der Waals surface area contributed by atoms with Crippen LogP contribution in [0, 0.1) is 0 Å². The third-order valence-corrected chi connectivity index (χ3v) is 6.51. The summed E-state index contributed by atoms with van der Waals surface area (Å²) in [4.78, 5) is 8.59. The summed E-state index contributed by atoms with van der Waals surface area (Å²) in [7, 11) is -3.50. The topological polar surface area (TPSA) is 78.0 Å². The number of nitrogens with zero attached hydrogens (tertiary/aromatic N) is 3. The van der Waals surface area contributed by atoms with Crippen LogP contribution in [0.4, 0.5) is 0 Å². The number of rotatable bonds is 9. The first-order chi connectivity index (χ1) is 15.1. The molecule has 4 aromatic rings. The van der Waals surface area contributed by atoms with Gasteiger partial charge >= 0.3 is 0 Å². The first-order valence-electron chi connectivity index (χ1n) is 10.0. The highest BCUT2D eigenvalue weighted by Gasteiger charge is 2.17. The highest BCUT2D eigenvalue weighted by molar-refractivity contribution is 7.90. The molecule has 0 radical (unpaired) electrons. The Hall–Kier alpha value is -3.45. The highest BCUT2D eigenvalue weighted by atomic mass is 32.2. The predicted octanol–water partition coefficient (Wildman–Crippen LogP) is 4.65. The minimum absolute atomic E-state index is 0.199. The first kappa shape index (κ1) is 20.8. The quantitative estimate of drug-likeness (QED) is 0.384. The van der Waals surface area contributed by atoms with Gasteiger partial charge in [-0.15, -0.1) is 0 Å². The molecule has 2 heterocycles. The van der Waals surface area contributed by atoms with Crippen LogP contribution in [0.25, 0.3) is 12.2 Å². The van der Waals surface area contributed by atoms with E-state index in [2.05, 4.69) is 9.97 Å². The smallest absolute Gasteiger partial charge is 0.218 e. The second kappa shape index (κ2) is 9.57. The van der Waals surface area contributed by atoms with E-state index in [1.165, 1.54) is 6.26 Å². The van der Waals surface area contributed by atoms with E-state index < -0.39 is 9.84 Å². The van der Waals surface area contributed by atoms with Gasteiger partial charge in [0.15, 0.2) is 9.84 Å². The largest absolute Gasteiger partial charge is 0.445 e. The summed E-state index contributed by atoms with van der Waals surface area (Å²) in [5.74, 6) is 0.178. The van der Waals surface area contributed by atoms with Crippen molar-refractivity contribution in [1.29, 1.82) is 0 Å². The molecule has 158 valence electrons. The van der Waals surface area contributed by atoms with Crippen LogP contribution in [-0.2, 0) is 28.6 Å². The van der Waals surface area contributed by atoms with Crippen LogP contribution >= 0.6 is 0 Å². The van der Waals surface area contributed by atoms with E-state index in [4.69, 9.17) is 4.42 Å². The Morgan fingerprint density at radius 3 is 2.55 bits per heavy atom. The molecule has 0 aliphatic rings. The first-order valence-corrected chi connectivity index (χ1v) is 11.7. The molecule has 6 nitrogen and oxygen atoms in total. The molecule has 0 aliphatic heterocycles. The average molecular weight is 434 g/mol. The van der Waals surface area contributed by atoms with Crippen LogP contribution in [0.5, 0.6) is 0 Å². The zero-order valence-electron chi connectivity index (χ0n) is 17.0. The van der Waals surface area contributed by atoms with Gasteiger partial charge in [0.2, 0.25) is 5.89 Å². The van der Waals surface area contributed by atoms with Crippen molar-refractivity contribution in [1.82, 2.24) is 14.5 Å². The molecule has 0 amide bonds. The molecule has 0 bridgehead atoms. The maximum Gasteiger partial charge on any atom is 0.218 e. The summed E-state index contributed by atoms with van der Waals surface area (Å²) < 4.78 is 32.9. The summed E-state index contributed by atoms with van der Waals surface area (Å²) in [6.45, 7) is 0.882. The Labute approximate surface area is 181 Å². The van der Waals surface area contributed by atoms with Crippen LogP contribution in [-0.4, -0.2) is 23.0 Å². The maximum atomic E-state index is 12.8. The Bertz CT molecular complexity index is 1230. The highest BCUT2D eigenvalue weighted by Crippen LogP contribution is 2.18. The van der Waals surface area contributed by atoms with Crippen molar-refractivity contribution >= 4 is 22.0 Å². The van der Waals surface area contributed by atoms with E-state index in [1.54, 1.807) is 30.7 Å². The predicted molar refractivity (Wildman–Crippen MR) is 120 cm³/mol. The lowest BCUT2D eigenvalue weighted by Gasteiger charge is -2.06. The fourth-order valence-electron chi connectivity index (χ4n) is 3.22. The molecule has 2 aromatic heterocycles. The Balaban J connectivity index is 1.35. The molecule has 2 aromatic carbocycles. The molecule has 0 spiro atoms. The lowest BCUT2D eigenvalue weighted by atomic mass is 10.1. The standard InChI is InChI=1S/C24H23N3O3S/c28-31(29,18-22-17-30-24(26-22)13-10-20-5-2-1-3-6-20)23-11-8-21(9-12-23)7-4-15-27-16-14-25-19-27/h1-3,5-6,8-14,16-17,19H,4,7,15,18H2. The van der Waals surface area contributed by atoms with Crippen molar-refractivity contribution in [2.45, 2.75) is 30.0 Å². The van der Waals surface area contributed by atoms with Gasteiger partial charge in [0.1, 0.15) is 12.0 Å². The lowest BCUT2D eigenvalue weighted by molar-refractivity contribution is 0.545. The summed E-state index contributed by atoms with van der Waals surface area (Å²) in [6, 6.07) is 16.8. The molecule has 31 heavy (non-hydrogen) atoms. The molecule has 0 aliphatic carbocycles. The summed E-state index contributed by atoms with van der Waals surface area (Å²) in [5.41, 5.74) is 2.51. The molecule has 0 unspecified atom stereocenters. The van der Waals surface area contributed by atoms with Crippen molar-refractivity contribution < 1.29 is 12.8 Å². The number of benzene rings is 2. The number of hydrogen-bond acceptors (Lipinski definition) is 5. The molecule has 0 atom stereocenters. The van der Waals surface area contributed by atoms with Crippen molar-refractivity contribution in [3.05, 3.63) is 102 Å². The molecular weight excluding hydrogens is 410 g/mol. The Kier molecular flexibility index (Phi) is 6.43. The molecular formula is C24H23N3O3S. The fourth-order valence-corrected chi connectivity index (χ4v) is 4.46. The van der Waals surface area contributed by atoms with E-state index in [0.29, 0.717) is 11.6 Å². The third kappa shape index (κ3) is 5.79. The van der Waals surface area contributed by atoms with Gasteiger partial charge in [0, 0.05) is 25.0 Å². The second-order valence-electron chi connectivity index (χ2n) is 7.23. The van der Waals surface area contributed by atoms with E-state index in [9.17, 15) is 8.42 Å². The van der Waals surface area contributed by atoms with Crippen molar-refractivity contribution in [2.24, 2.45) is 0 Å². The van der Waals surface area contributed by atoms with E-state index >= 15 is 0 Å². The molecule has 0 saturated carbocycles. The van der Waals surface area contributed by atoms with Gasteiger partial charge in [-0.1, -0.05) is 42.5 Å². The SMILES string of the molecule is O=S(=O)(Cc1coc(C=Cc2ccccc2)n1)c1ccc(CCCn2ccnc2)cc1.